The van der Waals surface area contributed by atoms with E-state index in [0.29, 0.717) is 12.1 Å². The quantitative estimate of drug-likeness (QED) is 0.883. The molecule has 1 saturated heterocycles. The Labute approximate surface area is 123 Å². The van der Waals surface area contributed by atoms with E-state index in [0.717, 1.165) is 32.4 Å². The predicted molar refractivity (Wildman–Crippen MR) is 79.1 cm³/mol. The second-order valence-corrected chi connectivity index (χ2v) is 5.18. The molecule has 1 aliphatic rings. The maximum atomic E-state index is 12.2. The number of amides is 2. The molecule has 6 heteroatoms. The lowest BCUT2D eigenvalue weighted by Gasteiger charge is -2.27. The molecule has 1 aromatic rings. The second kappa shape index (κ2) is 7.06. The third kappa shape index (κ3) is 3.93. The van der Waals surface area contributed by atoms with E-state index in [2.05, 4.69) is 5.32 Å². The van der Waals surface area contributed by atoms with Gasteiger partial charge in [0, 0.05) is 31.9 Å². The molecule has 0 saturated carbocycles. The largest absolute Gasteiger partial charge is 0.352 e. The molecular formula is C15H21N3O3. The molecule has 1 aromatic heterocycles. The summed E-state index contributed by atoms with van der Waals surface area (Å²) in [4.78, 5) is 37.6. The van der Waals surface area contributed by atoms with Crippen molar-refractivity contribution in [2.45, 2.75) is 32.7 Å². The highest BCUT2D eigenvalue weighted by Gasteiger charge is 2.17. The van der Waals surface area contributed by atoms with Crippen LogP contribution in [0.15, 0.2) is 23.1 Å². The zero-order valence-corrected chi connectivity index (χ0v) is 12.3. The molecule has 114 valence electrons. The Hall–Kier alpha value is -2.11. The average molecular weight is 291 g/mol. The van der Waals surface area contributed by atoms with Crippen LogP contribution in [0.5, 0.6) is 0 Å². The van der Waals surface area contributed by atoms with Crippen LogP contribution < -0.4 is 10.9 Å². The molecule has 2 amide bonds. The van der Waals surface area contributed by atoms with Gasteiger partial charge in [-0.1, -0.05) is 0 Å². The minimum atomic E-state index is -0.270. The molecule has 0 spiro atoms. The number of nitrogens with zero attached hydrogens (tertiary/aromatic N) is 2. The summed E-state index contributed by atoms with van der Waals surface area (Å²) in [6.07, 6.45) is 4.63. The molecule has 6 nitrogen and oxygen atoms in total. The Kier molecular flexibility index (Phi) is 5.14. The normalized spacial score (nSPS) is 14.8. The zero-order valence-electron chi connectivity index (χ0n) is 12.3. The highest BCUT2D eigenvalue weighted by Crippen LogP contribution is 2.09. The van der Waals surface area contributed by atoms with Gasteiger partial charge < -0.3 is 14.8 Å². The molecule has 1 fully saturated rings. The lowest BCUT2D eigenvalue weighted by Crippen LogP contribution is -2.39. The smallest absolute Gasteiger partial charge is 0.252 e. The third-order valence-electron chi connectivity index (χ3n) is 3.60. The van der Waals surface area contributed by atoms with Crippen molar-refractivity contribution < 1.29 is 9.59 Å². The number of hydrogen-bond donors (Lipinski definition) is 1. The summed E-state index contributed by atoms with van der Waals surface area (Å²) in [5, 5.41) is 2.68. The Morgan fingerprint density at radius 3 is 2.57 bits per heavy atom. The van der Waals surface area contributed by atoms with Crippen molar-refractivity contribution in [2.75, 3.05) is 19.6 Å². The molecule has 0 bridgehead atoms. The van der Waals surface area contributed by atoms with Crippen LogP contribution in [0, 0.1) is 0 Å². The van der Waals surface area contributed by atoms with Crippen molar-refractivity contribution >= 4 is 11.8 Å². The number of pyridine rings is 1. The Morgan fingerprint density at radius 1 is 1.19 bits per heavy atom. The van der Waals surface area contributed by atoms with Crippen molar-refractivity contribution in [2.24, 2.45) is 0 Å². The number of nitrogens with one attached hydrogen (secondary N) is 1. The number of piperidine rings is 1. The van der Waals surface area contributed by atoms with Crippen LogP contribution in [0.1, 0.15) is 36.5 Å². The summed E-state index contributed by atoms with van der Waals surface area (Å²) in [7, 11) is 0. The van der Waals surface area contributed by atoms with Crippen molar-refractivity contribution in [3.05, 3.63) is 34.2 Å². The zero-order chi connectivity index (χ0) is 15.2. The van der Waals surface area contributed by atoms with Gasteiger partial charge in [0.25, 0.3) is 11.5 Å². The van der Waals surface area contributed by atoms with E-state index in [4.69, 9.17) is 0 Å². The SMILES string of the molecule is CCNC(=O)c1ccc(=O)n(CC(=O)N2CCCCC2)c1. The molecule has 0 aliphatic carbocycles. The first-order valence-corrected chi connectivity index (χ1v) is 7.38. The second-order valence-electron chi connectivity index (χ2n) is 5.18. The lowest BCUT2D eigenvalue weighted by atomic mass is 10.1. The number of likely N-dealkylation sites (tertiary alicyclic amines) is 1. The number of aromatic nitrogens is 1. The van der Waals surface area contributed by atoms with E-state index < -0.39 is 0 Å². The summed E-state index contributed by atoms with van der Waals surface area (Å²) >= 11 is 0. The van der Waals surface area contributed by atoms with Crippen LogP contribution in [0.3, 0.4) is 0 Å². The highest BCUT2D eigenvalue weighted by molar-refractivity contribution is 5.93. The highest BCUT2D eigenvalue weighted by atomic mass is 16.2. The topological polar surface area (TPSA) is 71.4 Å². The molecule has 2 heterocycles. The first-order chi connectivity index (χ1) is 10.1. The van der Waals surface area contributed by atoms with Gasteiger partial charge in [-0.2, -0.15) is 0 Å². The third-order valence-corrected chi connectivity index (χ3v) is 3.60. The van der Waals surface area contributed by atoms with Crippen LogP contribution >= 0.6 is 0 Å². The number of hydrogen-bond acceptors (Lipinski definition) is 3. The van der Waals surface area contributed by atoms with Gasteiger partial charge in [0.15, 0.2) is 0 Å². The van der Waals surface area contributed by atoms with E-state index in [1.54, 1.807) is 4.90 Å². The van der Waals surface area contributed by atoms with Gasteiger partial charge in [-0.25, -0.2) is 0 Å². The van der Waals surface area contributed by atoms with Gasteiger partial charge in [-0.3, -0.25) is 14.4 Å². The molecule has 1 N–H and O–H groups in total. The van der Waals surface area contributed by atoms with Crippen LogP contribution in [-0.4, -0.2) is 40.9 Å². The molecule has 1 aliphatic heterocycles. The monoisotopic (exact) mass is 291 g/mol. The summed E-state index contributed by atoms with van der Waals surface area (Å²) in [6.45, 7) is 3.84. The minimum absolute atomic E-state index is 0.00786. The Morgan fingerprint density at radius 2 is 1.90 bits per heavy atom. The van der Waals surface area contributed by atoms with Gasteiger partial charge >= 0.3 is 0 Å². The first kappa shape index (κ1) is 15.3. The van der Waals surface area contributed by atoms with E-state index in [-0.39, 0.29) is 23.9 Å². The van der Waals surface area contributed by atoms with Crippen molar-refractivity contribution in [3.8, 4) is 0 Å². The van der Waals surface area contributed by atoms with E-state index in [9.17, 15) is 14.4 Å². The fourth-order valence-electron chi connectivity index (χ4n) is 2.44. The molecule has 0 atom stereocenters. The molecule has 0 unspecified atom stereocenters. The molecule has 21 heavy (non-hydrogen) atoms. The van der Waals surface area contributed by atoms with E-state index in [1.165, 1.54) is 22.9 Å². The fraction of sp³-hybridized carbons (Fsp3) is 0.533. The van der Waals surface area contributed by atoms with Gasteiger partial charge in [0.05, 0.1) is 5.56 Å². The van der Waals surface area contributed by atoms with Gasteiger partial charge in [-0.15, -0.1) is 0 Å². The summed E-state index contributed by atoms with van der Waals surface area (Å²) in [5.41, 5.74) is 0.122. The number of carbonyl (C=O) groups is 2. The Balaban J connectivity index is 2.11. The minimum Gasteiger partial charge on any atom is -0.352 e. The summed E-state index contributed by atoms with van der Waals surface area (Å²) < 4.78 is 1.31. The summed E-state index contributed by atoms with van der Waals surface area (Å²) in [6, 6.07) is 2.81. The maximum Gasteiger partial charge on any atom is 0.252 e. The molecule has 0 radical (unpaired) electrons. The maximum absolute atomic E-state index is 12.2. The van der Waals surface area contributed by atoms with Crippen molar-refractivity contribution in [3.63, 3.8) is 0 Å². The average Bonchev–Trinajstić information content (AvgIpc) is 2.50. The van der Waals surface area contributed by atoms with Crippen LogP contribution in [0.2, 0.25) is 0 Å². The van der Waals surface area contributed by atoms with Crippen molar-refractivity contribution in [1.29, 1.82) is 0 Å². The van der Waals surface area contributed by atoms with Gasteiger partial charge in [0.2, 0.25) is 5.91 Å². The summed E-state index contributed by atoms with van der Waals surface area (Å²) in [5.74, 6) is -0.304. The molecule has 0 aromatic carbocycles. The van der Waals surface area contributed by atoms with Crippen molar-refractivity contribution in [1.82, 2.24) is 14.8 Å². The van der Waals surface area contributed by atoms with Crippen LogP contribution in [-0.2, 0) is 11.3 Å². The standard InChI is InChI=1S/C15H21N3O3/c1-2-16-15(21)12-6-7-13(19)18(10-12)11-14(20)17-8-4-3-5-9-17/h6-7,10H,2-5,8-9,11H2,1H3,(H,16,21). The van der Waals surface area contributed by atoms with E-state index in [1.807, 2.05) is 6.92 Å². The van der Waals surface area contributed by atoms with Crippen LogP contribution in [0.25, 0.3) is 0 Å². The first-order valence-electron chi connectivity index (χ1n) is 7.38. The number of rotatable bonds is 4. The van der Waals surface area contributed by atoms with Gasteiger partial charge in [-0.05, 0) is 32.3 Å². The Bertz CT molecular complexity index is 574. The molecular weight excluding hydrogens is 270 g/mol. The van der Waals surface area contributed by atoms with Crippen LogP contribution in [0.4, 0.5) is 0 Å². The molecule has 2 rings (SSSR count). The lowest BCUT2D eigenvalue weighted by molar-refractivity contribution is -0.132. The van der Waals surface area contributed by atoms with Gasteiger partial charge in [0.1, 0.15) is 6.54 Å². The number of carbonyl (C=O) groups excluding carboxylic acids is 2. The predicted octanol–water partition coefficient (Wildman–Crippen LogP) is 0.611. The fourth-order valence-corrected chi connectivity index (χ4v) is 2.44. The van der Waals surface area contributed by atoms with E-state index >= 15 is 0 Å².